The van der Waals surface area contributed by atoms with Crippen molar-refractivity contribution in [1.82, 2.24) is 0 Å². The molecule has 0 aliphatic heterocycles. The van der Waals surface area contributed by atoms with E-state index in [2.05, 4.69) is 6.07 Å². The molecule has 1 fully saturated rings. The van der Waals surface area contributed by atoms with Crippen LogP contribution in [-0.2, 0) is 4.79 Å². The molecule has 1 aliphatic carbocycles. The first-order valence-corrected chi connectivity index (χ1v) is 8.59. The minimum absolute atomic E-state index is 0.0123. The molecule has 0 spiro atoms. The lowest BCUT2D eigenvalue weighted by atomic mass is 9.93. The van der Waals surface area contributed by atoms with Gasteiger partial charge < -0.3 is 9.84 Å². The number of phenols is 1. The lowest BCUT2D eigenvalue weighted by Crippen LogP contribution is -2.25. The molecule has 1 N–H and O–H groups in total. The molecule has 0 amide bonds. The Morgan fingerprint density at radius 1 is 1.20 bits per heavy atom. The molecule has 25 heavy (non-hydrogen) atoms. The number of carbonyl (C=O) groups is 1. The molecule has 0 radical (unpaired) electrons. The van der Waals surface area contributed by atoms with Gasteiger partial charge in [0.05, 0.1) is 11.6 Å². The van der Waals surface area contributed by atoms with Crippen LogP contribution in [0.5, 0.6) is 11.5 Å². The summed E-state index contributed by atoms with van der Waals surface area (Å²) in [5.74, 6) is 0.730. The monoisotopic (exact) mass is 335 g/mol. The number of hydrogen-bond donors (Lipinski definition) is 1. The Morgan fingerprint density at radius 3 is 2.52 bits per heavy atom. The third-order valence-corrected chi connectivity index (χ3v) is 4.86. The molecule has 4 heteroatoms. The van der Waals surface area contributed by atoms with Gasteiger partial charge in [-0.15, -0.1) is 0 Å². The zero-order chi connectivity index (χ0) is 17.8. The van der Waals surface area contributed by atoms with Gasteiger partial charge in [-0.1, -0.05) is 31.0 Å². The Labute approximate surface area is 147 Å². The van der Waals surface area contributed by atoms with E-state index in [0.29, 0.717) is 16.9 Å². The first-order chi connectivity index (χ1) is 12.1. The first-order valence-electron chi connectivity index (χ1n) is 8.59. The second-order valence-corrected chi connectivity index (χ2v) is 6.52. The van der Waals surface area contributed by atoms with E-state index in [1.54, 1.807) is 49.4 Å². The van der Waals surface area contributed by atoms with Gasteiger partial charge in [-0.25, -0.2) is 0 Å². The molecule has 3 rings (SSSR count). The van der Waals surface area contributed by atoms with Crippen LogP contribution in [0.1, 0.15) is 48.5 Å². The van der Waals surface area contributed by atoms with Crippen molar-refractivity contribution in [1.29, 1.82) is 5.26 Å². The van der Waals surface area contributed by atoms with Crippen LogP contribution < -0.4 is 4.74 Å². The van der Waals surface area contributed by atoms with Gasteiger partial charge in [0.1, 0.15) is 11.5 Å². The van der Waals surface area contributed by atoms with Gasteiger partial charge in [0, 0.05) is 11.5 Å². The summed E-state index contributed by atoms with van der Waals surface area (Å²) < 4.78 is 6.07. The van der Waals surface area contributed by atoms with Crippen LogP contribution in [0.4, 0.5) is 0 Å². The Bertz CT molecular complexity index is 799. The quantitative estimate of drug-likeness (QED) is 0.876. The zero-order valence-electron chi connectivity index (χ0n) is 14.2. The normalized spacial score (nSPS) is 15.5. The van der Waals surface area contributed by atoms with Crippen molar-refractivity contribution in [3.8, 4) is 17.6 Å². The number of benzene rings is 2. The van der Waals surface area contributed by atoms with Gasteiger partial charge in [-0.05, 0) is 49.6 Å². The number of ketones is 1. The van der Waals surface area contributed by atoms with Gasteiger partial charge >= 0.3 is 0 Å². The fraction of sp³-hybridized carbons (Fsp3) is 0.333. The molecule has 2 aromatic carbocycles. The summed E-state index contributed by atoms with van der Waals surface area (Å²) >= 11 is 0. The van der Waals surface area contributed by atoms with E-state index in [4.69, 9.17) is 10.00 Å². The maximum Gasteiger partial charge on any atom is 0.182 e. The molecule has 1 aliphatic rings. The lowest BCUT2D eigenvalue weighted by molar-refractivity contribution is -0.130. The number of phenolic OH excluding ortho intramolecular Hbond substituents is 1. The minimum atomic E-state index is -0.726. The summed E-state index contributed by atoms with van der Waals surface area (Å²) in [5.41, 5.74) is 1.89. The van der Waals surface area contributed by atoms with Gasteiger partial charge in [0.25, 0.3) is 0 Å². The van der Waals surface area contributed by atoms with Crippen LogP contribution in [0.25, 0.3) is 0 Å². The van der Waals surface area contributed by atoms with Crippen molar-refractivity contribution in [2.24, 2.45) is 5.92 Å². The summed E-state index contributed by atoms with van der Waals surface area (Å²) in [6, 6.07) is 14.1. The second kappa shape index (κ2) is 7.40. The van der Waals surface area contributed by atoms with Crippen LogP contribution >= 0.6 is 0 Å². The number of rotatable bonds is 5. The van der Waals surface area contributed by atoms with Gasteiger partial charge in [-0.2, -0.15) is 5.26 Å². The predicted molar refractivity (Wildman–Crippen MR) is 94.3 cm³/mol. The number of ether oxygens (including phenoxy) is 1. The molecular formula is C21H21NO3. The number of nitriles is 1. The fourth-order valence-electron chi connectivity index (χ4n) is 3.30. The largest absolute Gasteiger partial charge is 0.508 e. The molecular weight excluding hydrogens is 314 g/mol. The number of hydrogen-bond acceptors (Lipinski definition) is 4. The Kier molecular flexibility index (Phi) is 5.04. The standard InChI is InChI=1S/C21H21NO3/c1-14-18(23)7-4-8-19(14)25-21(20(24)16-5-2-3-6-16)17-11-9-15(13-22)10-12-17/h4,7-12,16,21,23H,2-3,5-6H2,1H3. The molecule has 0 aromatic heterocycles. The highest BCUT2D eigenvalue weighted by Gasteiger charge is 2.32. The predicted octanol–water partition coefficient (Wildman–Crippen LogP) is 4.45. The van der Waals surface area contributed by atoms with Gasteiger partial charge in [0.2, 0.25) is 0 Å². The van der Waals surface area contributed by atoms with Gasteiger partial charge in [-0.3, -0.25) is 4.79 Å². The van der Waals surface area contributed by atoms with Crippen molar-refractivity contribution in [2.45, 2.75) is 38.7 Å². The number of nitrogens with zero attached hydrogens (tertiary/aromatic N) is 1. The van der Waals surface area contributed by atoms with Crippen molar-refractivity contribution in [2.75, 3.05) is 0 Å². The third-order valence-electron chi connectivity index (χ3n) is 4.86. The number of Topliss-reactive ketones (excluding diaryl/α,β-unsaturated/α-hetero) is 1. The molecule has 1 saturated carbocycles. The summed E-state index contributed by atoms with van der Waals surface area (Å²) in [5, 5.41) is 18.9. The highest BCUT2D eigenvalue weighted by Crippen LogP contribution is 2.35. The second-order valence-electron chi connectivity index (χ2n) is 6.52. The Morgan fingerprint density at radius 2 is 1.88 bits per heavy atom. The summed E-state index contributed by atoms with van der Waals surface area (Å²) in [7, 11) is 0. The van der Waals surface area contributed by atoms with E-state index in [1.807, 2.05) is 0 Å². The fourth-order valence-corrected chi connectivity index (χ4v) is 3.30. The average molecular weight is 335 g/mol. The smallest absolute Gasteiger partial charge is 0.182 e. The molecule has 0 saturated heterocycles. The lowest BCUT2D eigenvalue weighted by Gasteiger charge is -2.22. The SMILES string of the molecule is Cc1c(O)cccc1OC(C(=O)C1CCCC1)c1ccc(C#N)cc1. The molecule has 128 valence electrons. The average Bonchev–Trinajstić information content (AvgIpc) is 3.17. The van der Waals surface area contributed by atoms with Gasteiger partial charge in [0.15, 0.2) is 11.9 Å². The minimum Gasteiger partial charge on any atom is -0.508 e. The molecule has 1 atom stereocenters. The summed E-state index contributed by atoms with van der Waals surface area (Å²) in [6.45, 7) is 1.76. The summed E-state index contributed by atoms with van der Waals surface area (Å²) in [6.07, 6.45) is 3.21. The highest BCUT2D eigenvalue weighted by molar-refractivity contribution is 5.87. The van der Waals surface area contributed by atoms with E-state index in [9.17, 15) is 9.90 Å². The van der Waals surface area contributed by atoms with Crippen LogP contribution in [-0.4, -0.2) is 10.9 Å². The molecule has 0 heterocycles. The van der Waals surface area contributed by atoms with E-state index in [-0.39, 0.29) is 17.5 Å². The van der Waals surface area contributed by atoms with E-state index >= 15 is 0 Å². The van der Waals surface area contributed by atoms with Crippen LogP contribution in [0.15, 0.2) is 42.5 Å². The van der Waals surface area contributed by atoms with E-state index in [0.717, 1.165) is 31.2 Å². The van der Waals surface area contributed by atoms with Crippen molar-refractivity contribution < 1.29 is 14.6 Å². The molecule has 1 unspecified atom stereocenters. The third kappa shape index (κ3) is 3.66. The molecule has 2 aromatic rings. The topological polar surface area (TPSA) is 70.3 Å². The van der Waals surface area contributed by atoms with Crippen LogP contribution in [0, 0.1) is 24.2 Å². The zero-order valence-corrected chi connectivity index (χ0v) is 14.2. The maximum atomic E-state index is 13.0. The number of carbonyl (C=O) groups excluding carboxylic acids is 1. The molecule has 4 nitrogen and oxygen atoms in total. The van der Waals surface area contributed by atoms with Crippen molar-refractivity contribution >= 4 is 5.78 Å². The van der Waals surface area contributed by atoms with E-state index < -0.39 is 6.10 Å². The van der Waals surface area contributed by atoms with Crippen molar-refractivity contribution in [3.63, 3.8) is 0 Å². The Hall–Kier alpha value is -2.80. The summed E-state index contributed by atoms with van der Waals surface area (Å²) in [4.78, 5) is 13.0. The number of aromatic hydroxyl groups is 1. The van der Waals surface area contributed by atoms with Crippen LogP contribution in [0.3, 0.4) is 0 Å². The maximum absolute atomic E-state index is 13.0. The highest BCUT2D eigenvalue weighted by atomic mass is 16.5. The molecule has 0 bridgehead atoms. The van der Waals surface area contributed by atoms with Crippen molar-refractivity contribution in [3.05, 3.63) is 59.2 Å². The Balaban J connectivity index is 1.94. The first kappa shape index (κ1) is 17.0. The van der Waals surface area contributed by atoms with E-state index in [1.165, 1.54) is 0 Å². The van der Waals surface area contributed by atoms with Crippen LogP contribution in [0.2, 0.25) is 0 Å².